The summed E-state index contributed by atoms with van der Waals surface area (Å²) in [6.07, 6.45) is 0.984. The predicted octanol–water partition coefficient (Wildman–Crippen LogP) is 1.85. The Morgan fingerprint density at radius 1 is 1.50 bits per heavy atom. The highest BCUT2D eigenvalue weighted by Crippen LogP contribution is 2.30. The van der Waals surface area contributed by atoms with Crippen molar-refractivity contribution in [2.45, 2.75) is 33.2 Å². The number of aromatic nitrogens is 1. The van der Waals surface area contributed by atoms with Gasteiger partial charge in [-0.1, -0.05) is 0 Å². The Labute approximate surface area is 121 Å². The average molecular weight is 297 g/mol. The molecule has 0 saturated carbocycles. The van der Waals surface area contributed by atoms with E-state index >= 15 is 0 Å². The molecule has 2 amide bonds. The lowest BCUT2D eigenvalue weighted by atomic mass is 9.80. The zero-order valence-electron chi connectivity index (χ0n) is 11.7. The van der Waals surface area contributed by atoms with Gasteiger partial charge in [0, 0.05) is 24.2 Å². The van der Waals surface area contributed by atoms with Gasteiger partial charge in [0.25, 0.3) is 0 Å². The van der Waals surface area contributed by atoms with Crippen molar-refractivity contribution in [2.24, 2.45) is 5.41 Å². The van der Waals surface area contributed by atoms with Crippen LogP contribution in [-0.2, 0) is 11.3 Å². The van der Waals surface area contributed by atoms with Gasteiger partial charge in [-0.25, -0.2) is 9.78 Å². The molecule has 0 aliphatic carbocycles. The molecule has 6 nitrogen and oxygen atoms in total. The second kappa shape index (κ2) is 5.78. The highest BCUT2D eigenvalue weighted by molar-refractivity contribution is 7.09. The monoisotopic (exact) mass is 297 g/mol. The fourth-order valence-corrected chi connectivity index (χ4v) is 2.88. The van der Waals surface area contributed by atoms with Gasteiger partial charge in [0.1, 0.15) is 5.01 Å². The first-order valence-corrected chi connectivity index (χ1v) is 7.46. The molecule has 1 aliphatic heterocycles. The molecule has 1 fully saturated rings. The zero-order chi connectivity index (χ0) is 14.8. The predicted molar refractivity (Wildman–Crippen MR) is 75.6 cm³/mol. The fraction of sp³-hybridized carbons (Fsp3) is 0.615. The maximum Gasteiger partial charge on any atom is 0.317 e. The summed E-state index contributed by atoms with van der Waals surface area (Å²) in [6.45, 7) is 5.03. The van der Waals surface area contributed by atoms with Crippen LogP contribution in [0.15, 0.2) is 5.38 Å². The van der Waals surface area contributed by atoms with E-state index in [1.165, 1.54) is 11.3 Å². The molecule has 0 bridgehead atoms. The number of aliphatic carboxylic acids is 1. The average Bonchev–Trinajstić information content (AvgIpc) is 2.82. The first-order valence-electron chi connectivity index (χ1n) is 6.58. The number of carboxylic acid groups (broad SMARTS) is 1. The number of carboxylic acids is 1. The smallest absolute Gasteiger partial charge is 0.317 e. The fourth-order valence-electron chi connectivity index (χ4n) is 2.16. The minimum absolute atomic E-state index is 0.148. The van der Waals surface area contributed by atoms with Gasteiger partial charge in [-0.3, -0.25) is 4.79 Å². The lowest BCUT2D eigenvalue weighted by molar-refractivity contribution is -0.150. The third kappa shape index (κ3) is 3.27. The first kappa shape index (κ1) is 14.8. The quantitative estimate of drug-likeness (QED) is 0.892. The number of carbonyl (C=O) groups excluding carboxylic acids is 1. The summed E-state index contributed by atoms with van der Waals surface area (Å²) in [5, 5.41) is 14.8. The Bertz CT molecular complexity index is 507. The molecule has 2 rings (SSSR count). The summed E-state index contributed by atoms with van der Waals surface area (Å²) in [4.78, 5) is 29.1. The van der Waals surface area contributed by atoms with Crippen LogP contribution in [0.3, 0.4) is 0 Å². The van der Waals surface area contributed by atoms with Crippen molar-refractivity contribution in [3.63, 3.8) is 0 Å². The van der Waals surface area contributed by atoms with Crippen molar-refractivity contribution in [3.8, 4) is 0 Å². The number of rotatable bonds is 3. The van der Waals surface area contributed by atoms with E-state index in [0.717, 1.165) is 10.7 Å². The number of carbonyl (C=O) groups is 2. The number of aryl methyl sites for hydroxylation is 1. The highest BCUT2D eigenvalue weighted by atomic mass is 32.1. The molecular weight excluding hydrogens is 278 g/mol. The minimum Gasteiger partial charge on any atom is -0.481 e. The van der Waals surface area contributed by atoms with Crippen molar-refractivity contribution >= 4 is 23.3 Å². The zero-order valence-corrected chi connectivity index (χ0v) is 12.5. The highest BCUT2D eigenvalue weighted by Gasteiger charge is 2.37. The SMILES string of the molecule is Cc1csc(CNC(=O)N2CCC(C)(C(=O)O)CC2)n1. The molecular formula is C13H19N3O3S. The largest absolute Gasteiger partial charge is 0.481 e. The van der Waals surface area contributed by atoms with Crippen LogP contribution in [0.5, 0.6) is 0 Å². The number of nitrogens with zero attached hydrogens (tertiary/aromatic N) is 2. The normalized spacial score (nSPS) is 17.8. The number of amides is 2. The molecule has 1 aromatic rings. The molecule has 2 N–H and O–H groups in total. The molecule has 1 aromatic heterocycles. The second-order valence-corrected chi connectivity index (χ2v) is 6.34. The summed E-state index contributed by atoms with van der Waals surface area (Å²) >= 11 is 1.52. The van der Waals surface area contributed by atoms with Gasteiger partial charge < -0.3 is 15.3 Å². The Morgan fingerprint density at radius 2 is 2.15 bits per heavy atom. The third-order valence-electron chi connectivity index (χ3n) is 3.73. The summed E-state index contributed by atoms with van der Waals surface area (Å²) in [5.41, 5.74) is 0.248. The van der Waals surface area contributed by atoms with Crippen LogP contribution in [0, 0.1) is 12.3 Å². The van der Waals surface area contributed by atoms with Crippen LogP contribution < -0.4 is 5.32 Å². The number of nitrogens with one attached hydrogen (secondary N) is 1. The molecule has 0 unspecified atom stereocenters. The minimum atomic E-state index is -0.782. The molecule has 1 saturated heterocycles. The Kier molecular flexibility index (Phi) is 4.27. The number of hydrogen-bond donors (Lipinski definition) is 2. The number of likely N-dealkylation sites (tertiary alicyclic amines) is 1. The lowest BCUT2D eigenvalue weighted by Gasteiger charge is -2.36. The lowest BCUT2D eigenvalue weighted by Crippen LogP contribution is -2.48. The van der Waals surface area contributed by atoms with Crippen molar-refractivity contribution in [3.05, 3.63) is 16.1 Å². The van der Waals surface area contributed by atoms with Crippen LogP contribution in [0.4, 0.5) is 4.79 Å². The van der Waals surface area contributed by atoms with E-state index in [0.29, 0.717) is 32.5 Å². The van der Waals surface area contributed by atoms with Gasteiger partial charge in [0.05, 0.1) is 12.0 Å². The van der Waals surface area contributed by atoms with E-state index in [-0.39, 0.29) is 6.03 Å². The van der Waals surface area contributed by atoms with Gasteiger partial charge in [-0.15, -0.1) is 11.3 Å². The molecule has 20 heavy (non-hydrogen) atoms. The number of urea groups is 1. The van der Waals surface area contributed by atoms with Crippen LogP contribution in [0.25, 0.3) is 0 Å². The molecule has 0 aromatic carbocycles. The van der Waals surface area contributed by atoms with E-state index in [4.69, 9.17) is 5.11 Å². The molecule has 0 spiro atoms. The maximum atomic E-state index is 12.0. The van der Waals surface area contributed by atoms with Crippen molar-refractivity contribution in [2.75, 3.05) is 13.1 Å². The third-order valence-corrected chi connectivity index (χ3v) is 4.69. The maximum absolute atomic E-state index is 12.0. The molecule has 2 heterocycles. The number of hydrogen-bond acceptors (Lipinski definition) is 4. The molecule has 1 aliphatic rings. The van der Waals surface area contributed by atoms with Gasteiger partial charge in [-0.2, -0.15) is 0 Å². The van der Waals surface area contributed by atoms with Gasteiger partial charge >= 0.3 is 12.0 Å². The Balaban J connectivity index is 1.81. The van der Waals surface area contributed by atoms with Gasteiger partial charge in [0.15, 0.2) is 0 Å². The standard InChI is InChI=1S/C13H19N3O3S/c1-9-8-20-10(15-9)7-14-12(19)16-5-3-13(2,4-6-16)11(17)18/h8H,3-7H2,1-2H3,(H,14,19)(H,17,18). The summed E-state index contributed by atoms with van der Waals surface area (Å²) in [6, 6.07) is -0.148. The first-order chi connectivity index (χ1) is 9.40. The van der Waals surface area contributed by atoms with Crippen molar-refractivity contribution in [1.82, 2.24) is 15.2 Å². The van der Waals surface area contributed by atoms with E-state index in [9.17, 15) is 9.59 Å². The van der Waals surface area contributed by atoms with E-state index in [1.807, 2.05) is 12.3 Å². The molecule has 7 heteroatoms. The van der Waals surface area contributed by atoms with Gasteiger partial charge in [0.2, 0.25) is 0 Å². The molecule has 110 valence electrons. The molecule has 0 radical (unpaired) electrons. The second-order valence-electron chi connectivity index (χ2n) is 5.39. The van der Waals surface area contributed by atoms with E-state index in [2.05, 4.69) is 10.3 Å². The summed E-state index contributed by atoms with van der Waals surface area (Å²) in [5.74, 6) is -0.782. The summed E-state index contributed by atoms with van der Waals surface area (Å²) < 4.78 is 0. The summed E-state index contributed by atoms with van der Waals surface area (Å²) in [7, 11) is 0. The van der Waals surface area contributed by atoms with Crippen LogP contribution in [-0.4, -0.2) is 40.1 Å². The van der Waals surface area contributed by atoms with Crippen molar-refractivity contribution in [1.29, 1.82) is 0 Å². The molecule has 0 atom stereocenters. The van der Waals surface area contributed by atoms with E-state index < -0.39 is 11.4 Å². The van der Waals surface area contributed by atoms with Crippen LogP contribution in [0.2, 0.25) is 0 Å². The van der Waals surface area contributed by atoms with E-state index in [1.54, 1.807) is 11.8 Å². The number of thiazole rings is 1. The number of piperidine rings is 1. The Morgan fingerprint density at radius 3 is 2.65 bits per heavy atom. The van der Waals surface area contributed by atoms with Crippen LogP contribution in [0.1, 0.15) is 30.5 Å². The Hall–Kier alpha value is -1.63. The van der Waals surface area contributed by atoms with Gasteiger partial charge in [-0.05, 0) is 26.7 Å². The van der Waals surface area contributed by atoms with Crippen molar-refractivity contribution < 1.29 is 14.7 Å². The topological polar surface area (TPSA) is 82.5 Å². The van der Waals surface area contributed by atoms with Crippen LogP contribution >= 0.6 is 11.3 Å².